The van der Waals surface area contributed by atoms with Gasteiger partial charge in [-0.1, -0.05) is 69.9 Å². The molecule has 10 N–H and O–H groups in total. The Morgan fingerprint density at radius 2 is 1.51 bits per heavy atom. The molecule has 1 fully saturated rings. The zero-order valence-corrected chi connectivity index (χ0v) is 38.7. The van der Waals surface area contributed by atoms with Crippen LogP contribution in [-0.2, 0) is 61.8 Å². The molecule has 2 aromatic rings. The van der Waals surface area contributed by atoms with Gasteiger partial charge < -0.3 is 56.7 Å². The topological polar surface area (TPSA) is 314 Å². The van der Waals surface area contributed by atoms with Gasteiger partial charge in [-0.15, -0.1) is 0 Å². The van der Waals surface area contributed by atoms with E-state index in [1.807, 2.05) is 36.6 Å². The van der Waals surface area contributed by atoms with Crippen LogP contribution in [0.5, 0.6) is 0 Å². The fourth-order valence-corrected chi connectivity index (χ4v) is 8.40. The summed E-state index contributed by atoms with van der Waals surface area (Å²) in [7, 11) is -4.97. The summed E-state index contributed by atoms with van der Waals surface area (Å²) >= 11 is 0. The largest absolute Gasteiger partial charge is 0.472 e. The number of aliphatic hydroxyl groups excluding tert-OH is 3. The number of hydrogen-bond donors (Lipinski definition) is 9. The number of hydrogen-bond acceptors (Lipinski definition) is 13. The minimum absolute atomic E-state index is 0.0958. The second-order valence-electron chi connectivity index (χ2n) is 16.8. The zero-order valence-electron chi connectivity index (χ0n) is 37.8. The molecule has 8 atom stereocenters. The summed E-state index contributed by atoms with van der Waals surface area (Å²) in [6, 6.07) is 3.48. The maximum atomic E-state index is 14.1. The SMILES string of the molecule is CC(=O)N1CCC[C@H]1C(=O)N[C@@H](CC(C)C)C(=O)N[C@@H](Cc1cncn1CCCCCCCCc1ccccc1)C(=O)NC(CO)C(=O)N[C@H](C(N)=O)[C@@H](C)OP(=O)(O)OC[C@@H](O)CO. The molecule has 1 aromatic carbocycles. The van der Waals surface area contributed by atoms with Crippen molar-refractivity contribution in [2.24, 2.45) is 11.7 Å². The first kappa shape index (κ1) is 54.6. The highest BCUT2D eigenvalue weighted by atomic mass is 31.2. The number of aromatic nitrogens is 2. The summed E-state index contributed by atoms with van der Waals surface area (Å²) in [4.78, 5) is 95.6. The number of unbranched alkanes of at least 4 members (excludes halogenated alkanes) is 5. The number of aryl methyl sites for hydroxylation is 2. The molecule has 3 rings (SSSR count). The van der Waals surface area contributed by atoms with Crippen molar-refractivity contribution < 1.29 is 62.6 Å². The van der Waals surface area contributed by atoms with Crippen molar-refractivity contribution >= 4 is 43.3 Å². The molecule has 2 heterocycles. The highest BCUT2D eigenvalue weighted by molar-refractivity contribution is 7.47. The first-order valence-corrected chi connectivity index (χ1v) is 23.7. The van der Waals surface area contributed by atoms with Gasteiger partial charge in [0.15, 0.2) is 0 Å². The maximum absolute atomic E-state index is 14.1. The third kappa shape index (κ3) is 18.9. The van der Waals surface area contributed by atoms with Crippen molar-refractivity contribution in [2.75, 3.05) is 26.4 Å². The summed E-state index contributed by atoms with van der Waals surface area (Å²) in [5.41, 5.74) is 7.34. The molecule has 22 heteroatoms. The number of phosphoric acid groups is 1. The number of benzene rings is 1. The number of carbonyl (C=O) groups excluding carboxylic acids is 6. The molecule has 21 nitrogen and oxygen atoms in total. The van der Waals surface area contributed by atoms with Crippen molar-refractivity contribution in [2.45, 2.75) is 147 Å². The van der Waals surface area contributed by atoms with Crippen LogP contribution in [-0.4, -0.2) is 139 Å². The van der Waals surface area contributed by atoms with E-state index in [1.165, 1.54) is 17.4 Å². The van der Waals surface area contributed by atoms with Gasteiger partial charge in [0.05, 0.1) is 32.3 Å². The molecule has 2 unspecified atom stereocenters. The van der Waals surface area contributed by atoms with E-state index in [1.54, 1.807) is 12.5 Å². The minimum atomic E-state index is -4.97. The summed E-state index contributed by atoms with van der Waals surface area (Å²) in [5.74, 6) is -4.92. The highest BCUT2D eigenvalue weighted by Gasteiger charge is 2.38. The molecular formula is C43H69N8O13P. The van der Waals surface area contributed by atoms with E-state index < -0.39 is 99.6 Å². The van der Waals surface area contributed by atoms with Crippen LogP contribution in [0.4, 0.5) is 0 Å². The average Bonchev–Trinajstić information content (AvgIpc) is 3.94. The number of nitrogens with zero attached hydrogens (tertiary/aromatic N) is 3. The van der Waals surface area contributed by atoms with E-state index in [0.717, 1.165) is 51.9 Å². The second-order valence-corrected chi connectivity index (χ2v) is 18.2. The predicted octanol–water partition coefficient (Wildman–Crippen LogP) is 0.358. The summed E-state index contributed by atoms with van der Waals surface area (Å²) < 4.78 is 23.8. The number of amides is 6. The first-order chi connectivity index (χ1) is 30.8. The molecule has 364 valence electrons. The Balaban J connectivity index is 1.77. The number of aliphatic hydroxyl groups is 3. The van der Waals surface area contributed by atoms with E-state index in [4.69, 9.17) is 15.4 Å². The lowest BCUT2D eigenvalue weighted by atomic mass is 10.0. The third-order valence-electron chi connectivity index (χ3n) is 10.9. The molecule has 6 amide bonds. The van der Waals surface area contributed by atoms with Gasteiger partial charge in [0, 0.05) is 38.3 Å². The molecule has 0 saturated carbocycles. The van der Waals surface area contributed by atoms with Gasteiger partial charge in [0.1, 0.15) is 36.3 Å². The van der Waals surface area contributed by atoms with Gasteiger partial charge in [-0.05, 0) is 56.9 Å². The van der Waals surface area contributed by atoms with Crippen LogP contribution in [0.2, 0.25) is 0 Å². The molecule has 0 spiro atoms. The van der Waals surface area contributed by atoms with E-state index in [0.29, 0.717) is 31.6 Å². The van der Waals surface area contributed by atoms with Crippen molar-refractivity contribution in [3.8, 4) is 0 Å². The number of primary amides is 1. The van der Waals surface area contributed by atoms with Crippen LogP contribution in [0.1, 0.15) is 96.7 Å². The molecule has 0 radical (unpaired) electrons. The smallest absolute Gasteiger partial charge is 0.394 e. The average molecular weight is 937 g/mol. The van der Waals surface area contributed by atoms with E-state index in [2.05, 4.69) is 42.9 Å². The normalized spacial score (nSPS) is 17.6. The van der Waals surface area contributed by atoms with Gasteiger partial charge in [0.2, 0.25) is 35.4 Å². The van der Waals surface area contributed by atoms with Gasteiger partial charge in [-0.25, -0.2) is 9.55 Å². The summed E-state index contributed by atoms with van der Waals surface area (Å²) in [6.45, 7) is 4.53. The quantitative estimate of drug-likeness (QED) is 0.0378. The fraction of sp³-hybridized carbons (Fsp3) is 0.651. The lowest BCUT2D eigenvalue weighted by Crippen LogP contribution is -2.61. The van der Waals surface area contributed by atoms with Crippen molar-refractivity contribution in [3.63, 3.8) is 0 Å². The van der Waals surface area contributed by atoms with Crippen molar-refractivity contribution in [1.82, 2.24) is 35.7 Å². The van der Waals surface area contributed by atoms with Crippen LogP contribution >= 0.6 is 7.82 Å². The summed E-state index contributed by atoms with van der Waals surface area (Å²) in [6.07, 6.45) is 8.19. The Labute approximate surface area is 380 Å². The lowest BCUT2D eigenvalue weighted by molar-refractivity contribution is -0.139. The van der Waals surface area contributed by atoms with E-state index >= 15 is 0 Å². The Kier molecular flexibility index (Phi) is 23.2. The number of carbonyl (C=O) groups is 6. The molecule has 0 aliphatic carbocycles. The number of phosphoric ester groups is 1. The van der Waals surface area contributed by atoms with Crippen LogP contribution < -0.4 is 27.0 Å². The van der Waals surface area contributed by atoms with Crippen molar-refractivity contribution in [3.05, 3.63) is 54.1 Å². The molecule has 1 aliphatic rings. The minimum Gasteiger partial charge on any atom is -0.394 e. The number of nitrogens with one attached hydrogen (secondary N) is 4. The Hall–Kier alpha value is -4.76. The lowest BCUT2D eigenvalue weighted by Gasteiger charge is -2.29. The van der Waals surface area contributed by atoms with Crippen LogP contribution in [0.25, 0.3) is 0 Å². The molecular weight excluding hydrogens is 867 g/mol. The standard InChI is InChI=1S/C43H69N8O13P/c1-28(2)21-34(47-43(60)37-18-14-20-51(37)30(4)54)40(57)46-35(22-32-23-45-27-50(32)19-13-8-6-5-7-10-15-31-16-11-9-12-17-31)41(58)48-36(25-53)42(59)49-38(39(44)56)29(3)64-65(61,62)63-26-33(55)24-52/h9,11-12,16-17,23,27-29,33-38,52-53,55H,5-8,10,13-15,18-22,24-26H2,1-4H3,(H2,44,56)(H,46,57)(H,47,60)(H,48,58)(H,49,59)(H,61,62)/t29-,33+,34+,35+,36?,37+,38+/m1/s1. The van der Waals surface area contributed by atoms with Crippen molar-refractivity contribution in [1.29, 1.82) is 0 Å². The molecule has 1 saturated heterocycles. The Morgan fingerprint density at radius 1 is 0.877 bits per heavy atom. The molecule has 65 heavy (non-hydrogen) atoms. The molecule has 1 aromatic heterocycles. The Bertz CT molecular complexity index is 1890. The van der Waals surface area contributed by atoms with Crippen LogP contribution in [0.15, 0.2) is 42.9 Å². The van der Waals surface area contributed by atoms with Crippen LogP contribution in [0, 0.1) is 5.92 Å². The van der Waals surface area contributed by atoms with Gasteiger partial charge in [-0.2, -0.15) is 0 Å². The van der Waals surface area contributed by atoms with Gasteiger partial charge >= 0.3 is 7.82 Å². The predicted molar refractivity (Wildman–Crippen MR) is 237 cm³/mol. The second kappa shape index (κ2) is 27.7. The maximum Gasteiger partial charge on any atom is 0.472 e. The van der Waals surface area contributed by atoms with Crippen LogP contribution in [0.3, 0.4) is 0 Å². The van der Waals surface area contributed by atoms with E-state index in [-0.39, 0.29) is 24.7 Å². The number of nitrogens with two attached hydrogens (primary N) is 1. The zero-order chi connectivity index (χ0) is 48.1. The van der Waals surface area contributed by atoms with Gasteiger partial charge in [-0.3, -0.25) is 37.8 Å². The third-order valence-corrected chi connectivity index (χ3v) is 12.0. The highest BCUT2D eigenvalue weighted by Crippen LogP contribution is 2.45. The van der Waals surface area contributed by atoms with Gasteiger partial charge in [0.25, 0.3) is 0 Å². The molecule has 1 aliphatic heterocycles. The van der Waals surface area contributed by atoms with E-state index in [9.17, 15) is 48.4 Å². The number of imidazole rings is 1. The first-order valence-electron chi connectivity index (χ1n) is 22.2. The summed E-state index contributed by atoms with van der Waals surface area (Å²) in [5, 5.41) is 38.8. The monoisotopic (exact) mass is 936 g/mol. The molecule has 0 bridgehead atoms. The Morgan fingerprint density at radius 3 is 2.14 bits per heavy atom. The number of rotatable bonds is 30. The number of likely N-dealkylation sites (tertiary alicyclic amines) is 1. The fourth-order valence-electron chi connectivity index (χ4n) is 7.43.